The Balaban J connectivity index is 1.30. The van der Waals surface area contributed by atoms with Crippen LogP contribution in [0.2, 0.25) is 0 Å². The molecule has 1 heterocycles. The highest BCUT2D eigenvalue weighted by Crippen LogP contribution is 2.27. The average molecular weight is 520 g/mol. The van der Waals surface area contributed by atoms with E-state index >= 15 is 0 Å². The topological polar surface area (TPSA) is 117 Å². The maximum atomic E-state index is 12.7. The van der Waals surface area contributed by atoms with Gasteiger partial charge in [-0.25, -0.2) is 0 Å². The zero-order chi connectivity index (χ0) is 26.4. The fourth-order valence-corrected chi connectivity index (χ4v) is 4.21. The maximum Gasteiger partial charge on any atom is 0.311 e. The monoisotopic (exact) mass is 519 g/mol. The number of anilines is 2. The van der Waals surface area contributed by atoms with Crippen LogP contribution >= 0.6 is 12.2 Å². The molecule has 1 saturated heterocycles. The van der Waals surface area contributed by atoms with E-state index in [0.717, 1.165) is 11.8 Å². The molecule has 2 N–H and O–H groups in total. The molecule has 0 aromatic heterocycles. The van der Waals surface area contributed by atoms with Crippen LogP contribution in [0.1, 0.15) is 20.7 Å². The predicted octanol–water partition coefficient (Wildman–Crippen LogP) is 3.69. The SMILES string of the molecule is COc1ccc(C(=O)NC(=S)Nc2ccc(N3CCN(C(=O)c4ccccc4)CC3)cc2)cc1[N+](=O)[O-]. The van der Waals surface area contributed by atoms with Crippen molar-refractivity contribution in [2.75, 3.05) is 43.5 Å². The molecule has 1 aliphatic heterocycles. The van der Waals surface area contributed by atoms with Gasteiger partial charge in [-0.3, -0.25) is 25.0 Å². The molecule has 0 spiro atoms. The normalized spacial score (nSPS) is 13.0. The molecule has 10 nitrogen and oxygen atoms in total. The van der Waals surface area contributed by atoms with Crippen molar-refractivity contribution in [1.82, 2.24) is 10.2 Å². The van der Waals surface area contributed by atoms with Gasteiger partial charge in [0.1, 0.15) is 0 Å². The minimum absolute atomic E-state index is 0.0413. The summed E-state index contributed by atoms with van der Waals surface area (Å²) in [4.78, 5) is 39.8. The van der Waals surface area contributed by atoms with Gasteiger partial charge >= 0.3 is 5.69 Å². The average Bonchev–Trinajstić information content (AvgIpc) is 2.93. The summed E-state index contributed by atoms with van der Waals surface area (Å²) in [5, 5.41) is 16.7. The highest BCUT2D eigenvalue weighted by molar-refractivity contribution is 7.80. The second kappa shape index (κ2) is 11.5. The van der Waals surface area contributed by atoms with Gasteiger partial charge < -0.3 is 19.9 Å². The van der Waals surface area contributed by atoms with Gasteiger partial charge in [-0.2, -0.15) is 0 Å². The summed E-state index contributed by atoms with van der Waals surface area (Å²) in [6.45, 7) is 2.70. The lowest BCUT2D eigenvalue weighted by Gasteiger charge is -2.36. The molecule has 0 radical (unpaired) electrons. The first-order valence-corrected chi connectivity index (χ1v) is 11.9. The molecule has 3 aromatic carbocycles. The van der Waals surface area contributed by atoms with E-state index in [-0.39, 0.29) is 28.0 Å². The summed E-state index contributed by atoms with van der Waals surface area (Å²) in [6.07, 6.45) is 0. The molecule has 0 aliphatic carbocycles. The minimum Gasteiger partial charge on any atom is -0.490 e. The van der Waals surface area contributed by atoms with E-state index in [1.165, 1.54) is 19.2 Å². The summed E-state index contributed by atoms with van der Waals surface area (Å²) in [7, 11) is 1.32. The van der Waals surface area contributed by atoms with Gasteiger partial charge in [-0.15, -0.1) is 0 Å². The van der Waals surface area contributed by atoms with E-state index in [1.807, 2.05) is 59.5 Å². The molecule has 1 fully saturated rings. The molecule has 190 valence electrons. The van der Waals surface area contributed by atoms with Gasteiger partial charge in [0.05, 0.1) is 12.0 Å². The molecule has 4 rings (SSSR count). The van der Waals surface area contributed by atoms with Gasteiger partial charge in [-0.05, 0) is 60.7 Å². The maximum absolute atomic E-state index is 12.7. The molecular weight excluding hydrogens is 494 g/mol. The van der Waals surface area contributed by atoms with E-state index < -0.39 is 10.8 Å². The quantitative estimate of drug-likeness (QED) is 0.288. The number of benzene rings is 3. The van der Waals surface area contributed by atoms with Gasteiger partial charge in [-0.1, -0.05) is 18.2 Å². The molecule has 0 atom stereocenters. The number of hydrogen-bond acceptors (Lipinski definition) is 7. The fourth-order valence-electron chi connectivity index (χ4n) is 4.00. The Labute approximate surface area is 219 Å². The van der Waals surface area contributed by atoms with E-state index in [1.54, 1.807) is 0 Å². The van der Waals surface area contributed by atoms with Crippen LogP contribution in [0.4, 0.5) is 17.1 Å². The van der Waals surface area contributed by atoms with Gasteiger partial charge in [0.25, 0.3) is 11.8 Å². The Hall–Kier alpha value is -4.51. The Bertz CT molecular complexity index is 1310. The number of amides is 2. The zero-order valence-corrected chi connectivity index (χ0v) is 20.9. The second-order valence-corrected chi connectivity index (χ2v) is 8.65. The third-order valence-corrected chi connectivity index (χ3v) is 6.15. The Kier molecular flexibility index (Phi) is 7.94. The van der Waals surface area contributed by atoms with E-state index in [0.29, 0.717) is 37.4 Å². The van der Waals surface area contributed by atoms with E-state index in [2.05, 4.69) is 15.5 Å². The van der Waals surface area contributed by atoms with Crippen molar-refractivity contribution in [2.45, 2.75) is 0 Å². The number of hydrogen-bond donors (Lipinski definition) is 2. The smallest absolute Gasteiger partial charge is 0.311 e. The summed E-state index contributed by atoms with van der Waals surface area (Å²) in [5.41, 5.74) is 2.15. The number of nitro benzene ring substituents is 1. The number of carbonyl (C=O) groups is 2. The summed E-state index contributed by atoms with van der Waals surface area (Å²) < 4.78 is 4.96. The van der Waals surface area contributed by atoms with Crippen molar-refractivity contribution in [3.63, 3.8) is 0 Å². The number of carbonyl (C=O) groups excluding carboxylic acids is 2. The third-order valence-electron chi connectivity index (χ3n) is 5.94. The number of nitro groups is 1. The number of ether oxygens (including phenoxy) is 1. The van der Waals surface area contributed by atoms with Gasteiger partial charge in [0.15, 0.2) is 10.9 Å². The van der Waals surface area contributed by atoms with Gasteiger partial charge in [0.2, 0.25) is 0 Å². The number of nitrogens with zero attached hydrogens (tertiary/aromatic N) is 3. The van der Waals surface area contributed by atoms with E-state index in [9.17, 15) is 19.7 Å². The molecule has 0 bridgehead atoms. The van der Waals surface area contributed by atoms with Crippen molar-refractivity contribution < 1.29 is 19.2 Å². The van der Waals surface area contributed by atoms with Crippen LogP contribution in [0.5, 0.6) is 5.75 Å². The highest BCUT2D eigenvalue weighted by Gasteiger charge is 2.22. The lowest BCUT2D eigenvalue weighted by Crippen LogP contribution is -2.48. The largest absolute Gasteiger partial charge is 0.490 e. The first-order valence-electron chi connectivity index (χ1n) is 11.5. The molecule has 2 amide bonds. The second-order valence-electron chi connectivity index (χ2n) is 8.24. The number of rotatable bonds is 6. The standard InChI is InChI=1S/C26H25N5O5S/c1-36-23-12-7-19(17-22(23)31(34)35)24(32)28-26(37)27-20-8-10-21(11-9-20)29-13-15-30(16-14-29)25(33)18-5-3-2-4-6-18/h2-12,17H,13-16H2,1H3,(H2,27,28,32,37). The molecule has 0 unspecified atom stereocenters. The van der Waals surface area contributed by atoms with Crippen LogP contribution in [-0.4, -0.2) is 60.0 Å². The van der Waals surface area contributed by atoms with Crippen LogP contribution in [0.3, 0.4) is 0 Å². The van der Waals surface area contributed by atoms with Crippen molar-refractivity contribution in [1.29, 1.82) is 0 Å². The zero-order valence-electron chi connectivity index (χ0n) is 20.0. The summed E-state index contributed by atoms with van der Waals surface area (Å²) in [5.74, 6) is -0.478. The van der Waals surface area contributed by atoms with Crippen LogP contribution < -0.4 is 20.3 Å². The van der Waals surface area contributed by atoms with Crippen molar-refractivity contribution in [2.24, 2.45) is 0 Å². The van der Waals surface area contributed by atoms with Crippen molar-refractivity contribution in [3.8, 4) is 5.75 Å². The minimum atomic E-state index is -0.616. The summed E-state index contributed by atoms with van der Waals surface area (Å²) >= 11 is 5.23. The third kappa shape index (κ3) is 6.19. The molecule has 0 saturated carbocycles. The van der Waals surface area contributed by atoms with Crippen molar-refractivity contribution in [3.05, 3.63) is 94.0 Å². The molecule has 37 heavy (non-hydrogen) atoms. The van der Waals surface area contributed by atoms with Crippen LogP contribution in [0.25, 0.3) is 0 Å². The lowest BCUT2D eigenvalue weighted by molar-refractivity contribution is -0.385. The fraction of sp³-hybridized carbons (Fsp3) is 0.192. The summed E-state index contributed by atoms with van der Waals surface area (Å²) in [6, 6.07) is 20.8. The first-order chi connectivity index (χ1) is 17.9. The highest BCUT2D eigenvalue weighted by atomic mass is 32.1. The van der Waals surface area contributed by atoms with Crippen LogP contribution in [0.15, 0.2) is 72.8 Å². The predicted molar refractivity (Wildman–Crippen MR) is 144 cm³/mol. The Morgan fingerprint density at radius 1 is 0.946 bits per heavy atom. The van der Waals surface area contributed by atoms with Gasteiger partial charge in [0, 0.05) is 54.7 Å². The number of piperazine rings is 1. The van der Waals surface area contributed by atoms with Crippen molar-refractivity contribution >= 4 is 46.2 Å². The Morgan fingerprint density at radius 3 is 2.24 bits per heavy atom. The number of nitrogens with one attached hydrogen (secondary N) is 2. The van der Waals surface area contributed by atoms with Crippen LogP contribution in [0, 0.1) is 10.1 Å². The number of thiocarbonyl (C=S) groups is 1. The van der Waals surface area contributed by atoms with Crippen LogP contribution in [-0.2, 0) is 0 Å². The first kappa shape index (κ1) is 25.6. The lowest BCUT2D eigenvalue weighted by atomic mass is 10.1. The molecule has 11 heteroatoms. The Morgan fingerprint density at radius 2 is 1.62 bits per heavy atom. The molecule has 3 aromatic rings. The number of methoxy groups -OCH3 is 1. The van der Waals surface area contributed by atoms with E-state index in [4.69, 9.17) is 17.0 Å². The molecule has 1 aliphatic rings. The molecular formula is C26H25N5O5S.